The molecule has 3 rings (SSSR count). The van der Waals surface area contributed by atoms with Crippen molar-refractivity contribution in [2.24, 2.45) is 0 Å². The Bertz CT molecular complexity index is 1380. The number of hydrogen-bond acceptors (Lipinski definition) is 5. The van der Waals surface area contributed by atoms with Crippen LogP contribution in [0.3, 0.4) is 0 Å². The number of aromatic nitrogens is 1. The highest BCUT2D eigenvalue weighted by Crippen LogP contribution is 2.34. The smallest absolute Gasteiger partial charge is 0.267 e. The maximum atomic E-state index is 14.6. The van der Waals surface area contributed by atoms with Gasteiger partial charge in [-0.25, -0.2) is 35.7 Å². The molecule has 0 aliphatic heterocycles. The summed E-state index contributed by atoms with van der Waals surface area (Å²) < 4.78 is 85.3. The van der Waals surface area contributed by atoms with Gasteiger partial charge in [-0.3, -0.25) is 4.79 Å². The maximum absolute atomic E-state index is 14.6. The second-order valence-electron chi connectivity index (χ2n) is 7.40. The van der Waals surface area contributed by atoms with Crippen LogP contribution in [0.15, 0.2) is 36.5 Å². The summed E-state index contributed by atoms with van der Waals surface area (Å²) in [6.07, 6.45) is 0.827. The van der Waals surface area contributed by atoms with Crippen LogP contribution < -0.4 is 9.46 Å². The monoisotopic (exact) mass is 516 g/mol. The molecule has 0 aliphatic carbocycles. The zero-order valence-corrected chi connectivity index (χ0v) is 19.5. The topological polar surface area (TPSA) is 85.4 Å². The van der Waals surface area contributed by atoms with Crippen LogP contribution in [0.25, 0.3) is 11.1 Å². The highest BCUT2D eigenvalue weighted by Gasteiger charge is 2.22. The summed E-state index contributed by atoms with van der Waals surface area (Å²) in [6, 6.07) is 4.60. The van der Waals surface area contributed by atoms with E-state index in [1.54, 1.807) is 11.6 Å². The summed E-state index contributed by atoms with van der Waals surface area (Å²) in [5, 5.41) is -0.0639. The summed E-state index contributed by atoms with van der Waals surface area (Å²) in [5.74, 6) is -5.62. The molecule has 0 spiro atoms. The fourth-order valence-electron chi connectivity index (χ4n) is 3.22. The van der Waals surface area contributed by atoms with E-state index in [0.717, 1.165) is 12.3 Å². The van der Waals surface area contributed by atoms with E-state index in [2.05, 4.69) is 4.98 Å². The van der Waals surface area contributed by atoms with E-state index in [0.29, 0.717) is 28.8 Å². The van der Waals surface area contributed by atoms with Gasteiger partial charge in [-0.1, -0.05) is 11.6 Å². The molecule has 0 bridgehead atoms. The first-order valence-electron chi connectivity index (χ1n) is 9.56. The Morgan fingerprint density at radius 1 is 1.06 bits per heavy atom. The van der Waals surface area contributed by atoms with Gasteiger partial charge in [-0.15, -0.1) is 0 Å². The highest BCUT2D eigenvalue weighted by atomic mass is 35.5. The standard InChI is InChI=1S/C22H17ClF4N2O4S/c1-10-4-15(21(30)29-34(3,31)32)17(25)8-14(10)12-5-16(23)22(28-9-12)33-11(2)20-18(26)6-13(24)7-19(20)27/h4-9,11H,1-3H3,(H,29,30)/t11-/m0/s1. The normalized spacial score (nSPS) is 12.4. The average Bonchev–Trinajstić information content (AvgIpc) is 2.68. The maximum Gasteiger partial charge on any atom is 0.267 e. The van der Waals surface area contributed by atoms with E-state index < -0.39 is 56.4 Å². The third-order valence-corrected chi connectivity index (χ3v) is 5.52. The Balaban J connectivity index is 1.89. The van der Waals surface area contributed by atoms with Gasteiger partial charge >= 0.3 is 0 Å². The summed E-state index contributed by atoms with van der Waals surface area (Å²) in [4.78, 5) is 16.0. The third-order valence-electron chi connectivity index (χ3n) is 4.69. The van der Waals surface area contributed by atoms with Crippen molar-refractivity contribution in [2.75, 3.05) is 6.26 Å². The van der Waals surface area contributed by atoms with Gasteiger partial charge in [0.25, 0.3) is 5.91 Å². The first-order valence-corrected chi connectivity index (χ1v) is 11.8. The quantitative estimate of drug-likeness (QED) is 0.461. The van der Waals surface area contributed by atoms with Crippen LogP contribution in [0.2, 0.25) is 5.02 Å². The van der Waals surface area contributed by atoms with Crippen molar-refractivity contribution in [3.8, 4) is 17.0 Å². The number of aryl methyl sites for hydroxylation is 1. The minimum Gasteiger partial charge on any atom is -0.468 e. The van der Waals surface area contributed by atoms with E-state index in [4.69, 9.17) is 16.3 Å². The molecule has 1 heterocycles. The molecular weight excluding hydrogens is 500 g/mol. The van der Waals surface area contributed by atoms with Crippen LogP contribution in [-0.4, -0.2) is 25.6 Å². The van der Waals surface area contributed by atoms with Gasteiger partial charge < -0.3 is 4.74 Å². The number of amides is 1. The number of benzene rings is 2. The van der Waals surface area contributed by atoms with E-state index in [1.807, 2.05) is 0 Å². The molecule has 2 aromatic carbocycles. The zero-order chi connectivity index (χ0) is 25.4. The summed E-state index contributed by atoms with van der Waals surface area (Å²) in [7, 11) is -3.88. The average molecular weight is 517 g/mol. The lowest BCUT2D eigenvalue weighted by atomic mass is 9.99. The van der Waals surface area contributed by atoms with Crippen LogP contribution in [-0.2, 0) is 10.0 Å². The molecule has 180 valence electrons. The molecule has 1 amide bonds. The molecule has 1 aromatic heterocycles. The molecular formula is C22H17ClF4N2O4S. The number of nitrogens with one attached hydrogen (secondary N) is 1. The van der Waals surface area contributed by atoms with Crippen LogP contribution in [0.1, 0.15) is 34.5 Å². The molecule has 0 saturated carbocycles. The lowest BCUT2D eigenvalue weighted by Gasteiger charge is -2.17. The van der Waals surface area contributed by atoms with Crippen LogP contribution in [0.4, 0.5) is 17.6 Å². The third kappa shape index (κ3) is 5.65. The molecule has 0 aliphatic rings. The number of pyridine rings is 1. The van der Waals surface area contributed by atoms with Gasteiger partial charge in [0, 0.05) is 23.9 Å². The molecule has 1 atom stereocenters. The van der Waals surface area contributed by atoms with Crippen molar-refractivity contribution in [3.63, 3.8) is 0 Å². The Labute approximate surface area is 197 Å². The zero-order valence-electron chi connectivity index (χ0n) is 17.9. The van der Waals surface area contributed by atoms with Crippen molar-refractivity contribution in [2.45, 2.75) is 20.0 Å². The predicted molar refractivity (Wildman–Crippen MR) is 117 cm³/mol. The molecule has 3 aromatic rings. The number of rotatable bonds is 6. The number of ether oxygens (including phenoxy) is 1. The molecule has 0 unspecified atom stereocenters. The molecule has 0 radical (unpaired) electrons. The summed E-state index contributed by atoms with van der Waals surface area (Å²) in [6.45, 7) is 2.89. The number of carbonyl (C=O) groups excluding carboxylic acids is 1. The number of halogens is 5. The Hall–Kier alpha value is -3.18. The number of sulfonamides is 1. The number of nitrogens with zero attached hydrogens (tertiary/aromatic N) is 1. The Morgan fingerprint density at radius 3 is 2.24 bits per heavy atom. The van der Waals surface area contributed by atoms with E-state index in [-0.39, 0.29) is 10.9 Å². The molecule has 12 heteroatoms. The summed E-state index contributed by atoms with van der Waals surface area (Å²) >= 11 is 6.20. The molecule has 6 nitrogen and oxygen atoms in total. The summed E-state index contributed by atoms with van der Waals surface area (Å²) in [5.41, 5.74) is 0.0659. The van der Waals surface area contributed by atoms with Gasteiger partial charge in [0.1, 0.15) is 34.4 Å². The SMILES string of the molecule is Cc1cc(C(=O)NS(C)(=O)=O)c(F)cc1-c1cnc(O[C@@H](C)c2c(F)cc(F)cc2F)c(Cl)c1. The van der Waals surface area contributed by atoms with Crippen molar-refractivity contribution in [1.82, 2.24) is 9.71 Å². The predicted octanol–water partition coefficient (Wildman–Crippen LogP) is 5.10. The fraction of sp³-hybridized carbons (Fsp3) is 0.182. The van der Waals surface area contributed by atoms with Gasteiger partial charge in [0.05, 0.1) is 17.4 Å². The van der Waals surface area contributed by atoms with Crippen LogP contribution in [0.5, 0.6) is 5.88 Å². The first-order chi connectivity index (χ1) is 15.8. The van der Waals surface area contributed by atoms with E-state index in [9.17, 15) is 30.8 Å². The molecule has 0 saturated heterocycles. The Morgan fingerprint density at radius 2 is 1.68 bits per heavy atom. The minimum atomic E-state index is -3.88. The van der Waals surface area contributed by atoms with Crippen LogP contribution >= 0.6 is 11.6 Å². The van der Waals surface area contributed by atoms with Crippen molar-refractivity contribution >= 4 is 27.5 Å². The second kappa shape index (κ2) is 9.59. The van der Waals surface area contributed by atoms with Crippen LogP contribution in [0, 0.1) is 30.2 Å². The minimum absolute atomic E-state index is 0.0639. The van der Waals surface area contributed by atoms with Gasteiger partial charge in [-0.2, -0.15) is 0 Å². The van der Waals surface area contributed by atoms with Gasteiger partial charge in [0.15, 0.2) is 0 Å². The lowest BCUT2D eigenvalue weighted by Crippen LogP contribution is -2.30. The highest BCUT2D eigenvalue weighted by molar-refractivity contribution is 7.89. The molecule has 34 heavy (non-hydrogen) atoms. The first kappa shape index (κ1) is 25.4. The molecule has 0 fully saturated rings. The van der Waals surface area contributed by atoms with Crippen molar-refractivity contribution < 1.29 is 35.5 Å². The van der Waals surface area contributed by atoms with E-state index in [1.165, 1.54) is 25.3 Å². The number of carbonyl (C=O) groups is 1. The largest absolute Gasteiger partial charge is 0.468 e. The Kier molecular flexibility index (Phi) is 7.18. The van der Waals surface area contributed by atoms with E-state index >= 15 is 0 Å². The van der Waals surface area contributed by atoms with Crippen molar-refractivity contribution in [3.05, 3.63) is 81.5 Å². The van der Waals surface area contributed by atoms with Crippen molar-refractivity contribution in [1.29, 1.82) is 0 Å². The molecule has 1 N–H and O–H groups in total. The lowest BCUT2D eigenvalue weighted by molar-refractivity contribution is 0.0977. The van der Waals surface area contributed by atoms with Gasteiger partial charge in [0.2, 0.25) is 15.9 Å². The second-order valence-corrected chi connectivity index (χ2v) is 9.56. The fourth-order valence-corrected chi connectivity index (χ4v) is 3.87. The van der Waals surface area contributed by atoms with Gasteiger partial charge in [-0.05, 0) is 43.2 Å². The number of hydrogen-bond donors (Lipinski definition) is 1.